The lowest BCUT2D eigenvalue weighted by Crippen LogP contribution is -1.98. The maximum absolute atomic E-state index is 3.08. The van der Waals surface area contributed by atoms with Crippen molar-refractivity contribution in [3.05, 3.63) is 0 Å². The van der Waals surface area contributed by atoms with Crippen LogP contribution in [0.2, 0.25) is 0 Å². The van der Waals surface area contributed by atoms with Gasteiger partial charge in [-0.2, -0.15) is 0 Å². The molecule has 0 aromatic heterocycles. The first-order chi connectivity index (χ1) is 3.56. The van der Waals surface area contributed by atoms with Crippen molar-refractivity contribution in [2.24, 2.45) is 5.41 Å². The van der Waals surface area contributed by atoms with Crippen LogP contribution in [0, 0.1) is 16.6 Å². The fraction of sp³-hybridized carbons (Fsp3) is 0.667. The Morgan fingerprint density at radius 2 is 1.88 bits per heavy atom. The fourth-order valence-corrected chi connectivity index (χ4v) is 0.847. The van der Waals surface area contributed by atoms with Gasteiger partial charge in [-0.05, 0) is 35.0 Å². The number of rotatable bonds is 0. The average Bonchev–Trinajstić information content (AvgIpc) is 1.59. The zero-order valence-electron chi connectivity index (χ0n) is 5.29. The average molecular weight is 240 g/mol. The van der Waals surface area contributed by atoms with Crippen molar-refractivity contribution in [3.8, 4) is 11.2 Å². The molecular weight excluding hydrogens is 231 g/mol. The second-order valence-corrected chi connectivity index (χ2v) is 4.23. The molecule has 0 N–H and O–H groups in total. The monoisotopic (exact) mass is 240 g/mol. The highest BCUT2D eigenvalue weighted by molar-refractivity contribution is 14.2. The minimum atomic E-state index is 0.165. The van der Waals surface area contributed by atoms with Crippen molar-refractivity contribution < 1.29 is 0 Å². The Kier molecular flexibility index (Phi) is 3.91. The van der Waals surface area contributed by atoms with Gasteiger partial charge in [0.05, 0.1) is 0 Å². The van der Waals surface area contributed by atoms with Gasteiger partial charge in [0.1, 0.15) is 0 Å². The molecule has 0 heterocycles. The Labute approximate surface area is 67.4 Å². The van der Waals surface area contributed by atoms with Gasteiger partial charge in [-0.1, -0.05) is 5.92 Å². The summed E-state index contributed by atoms with van der Waals surface area (Å²) >= 11 is 2.17. The normalized spacial score (nSPS) is 10.0. The summed E-state index contributed by atoms with van der Waals surface area (Å²) in [4.78, 5) is 0. The first kappa shape index (κ1) is 8.64. The zero-order valence-corrected chi connectivity index (χ0v) is 8.26. The molecule has 0 aromatic carbocycles. The second kappa shape index (κ2) is 3.62. The molecule has 0 fully saturated rings. The smallest absolute Gasteiger partial charge is 0.0239 e. The third-order valence-electron chi connectivity index (χ3n) is 0.465. The van der Waals surface area contributed by atoms with Crippen LogP contribution in [0.5, 0.6) is 0 Å². The quantitative estimate of drug-likeness (QED) is 0.463. The Bertz CT molecular complexity index is 113. The van der Waals surface area contributed by atoms with E-state index >= 15 is 0 Å². The topological polar surface area (TPSA) is 0 Å². The molecule has 46 valence electrons. The predicted molar refractivity (Wildman–Crippen MR) is 48.8 cm³/mol. The van der Waals surface area contributed by atoms with E-state index in [0.29, 0.717) is 0 Å². The molecule has 0 nitrogen and oxygen atoms in total. The van der Waals surface area contributed by atoms with E-state index in [1.54, 1.807) is 0 Å². The third kappa shape index (κ3) is 6.64. The highest BCUT2D eigenvalue weighted by atomic mass is 127. The second-order valence-electron chi connectivity index (χ2n) is 2.55. The van der Waals surface area contributed by atoms with E-state index in [2.05, 4.69) is 53.1 Å². The van der Waals surface area contributed by atoms with Crippen LogP contribution in [-0.4, -0.2) is 0 Å². The summed E-state index contributed by atoms with van der Waals surface area (Å²) in [5, 5.41) is 2.94. The Morgan fingerprint density at radius 1 is 1.38 bits per heavy atom. The van der Waals surface area contributed by atoms with Gasteiger partial charge < -0.3 is 0 Å². The molecule has 0 aliphatic rings. The zero-order chi connectivity index (χ0) is 6.62. The summed E-state index contributed by atoms with van der Waals surface area (Å²) in [7, 11) is 1.54. The predicted octanol–water partition coefficient (Wildman–Crippen LogP) is 3.08. The number of hydrogen-bond acceptors (Lipinski definition) is 1. The van der Waals surface area contributed by atoms with Gasteiger partial charge in [0.15, 0.2) is 0 Å². The van der Waals surface area contributed by atoms with Crippen LogP contribution < -0.4 is 0 Å². The van der Waals surface area contributed by atoms with Gasteiger partial charge in [-0.15, -0.1) is 0 Å². The molecular formula is C6H9IS. The highest BCUT2D eigenvalue weighted by Crippen LogP contribution is 2.13. The summed E-state index contributed by atoms with van der Waals surface area (Å²) in [6.07, 6.45) is 0. The lowest BCUT2D eigenvalue weighted by molar-refractivity contribution is 0.571. The molecule has 0 rings (SSSR count). The Hall–Kier alpha value is 0.640. The van der Waals surface area contributed by atoms with Crippen molar-refractivity contribution in [2.75, 3.05) is 0 Å². The molecule has 0 bridgehead atoms. The van der Waals surface area contributed by atoms with E-state index < -0.39 is 0 Å². The van der Waals surface area contributed by atoms with Crippen LogP contribution in [0.4, 0.5) is 0 Å². The number of hydrogen-bond donors (Lipinski definition) is 0. The van der Waals surface area contributed by atoms with Gasteiger partial charge in [0, 0.05) is 26.6 Å². The van der Waals surface area contributed by atoms with Crippen LogP contribution in [0.25, 0.3) is 0 Å². The molecule has 0 radical (unpaired) electrons. The molecule has 8 heavy (non-hydrogen) atoms. The maximum atomic E-state index is 3.08. The molecule has 0 spiro atoms. The molecule has 0 aliphatic carbocycles. The van der Waals surface area contributed by atoms with Gasteiger partial charge in [0.2, 0.25) is 0 Å². The van der Waals surface area contributed by atoms with Gasteiger partial charge in [-0.3, -0.25) is 0 Å². The SMILES string of the molecule is CC(C)(C)C#CSI. The van der Waals surface area contributed by atoms with Crippen LogP contribution in [-0.2, 0) is 0 Å². The third-order valence-corrected chi connectivity index (χ3v) is 1.30. The largest absolute Gasteiger partial charge is 0.0845 e. The summed E-state index contributed by atoms with van der Waals surface area (Å²) in [6.45, 7) is 6.31. The lowest BCUT2D eigenvalue weighted by Gasteiger charge is -2.05. The minimum Gasteiger partial charge on any atom is -0.0845 e. The van der Waals surface area contributed by atoms with Crippen molar-refractivity contribution in [2.45, 2.75) is 20.8 Å². The van der Waals surface area contributed by atoms with Crippen LogP contribution >= 0.6 is 30.1 Å². The van der Waals surface area contributed by atoms with E-state index in [-0.39, 0.29) is 5.41 Å². The van der Waals surface area contributed by atoms with E-state index in [1.807, 2.05) is 0 Å². The van der Waals surface area contributed by atoms with E-state index in [9.17, 15) is 0 Å². The van der Waals surface area contributed by atoms with E-state index in [0.717, 1.165) is 0 Å². The minimum absolute atomic E-state index is 0.165. The summed E-state index contributed by atoms with van der Waals surface area (Å²) in [6, 6.07) is 0. The first-order valence-electron chi connectivity index (χ1n) is 2.36. The first-order valence-corrected chi connectivity index (χ1v) is 5.72. The molecule has 0 aromatic rings. The van der Waals surface area contributed by atoms with Crippen molar-refractivity contribution in [3.63, 3.8) is 0 Å². The molecule has 0 saturated heterocycles. The summed E-state index contributed by atoms with van der Waals surface area (Å²) in [5.41, 5.74) is 0.165. The summed E-state index contributed by atoms with van der Waals surface area (Å²) < 4.78 is 0. The molecule has 2 heteroatoms. The maximum Gasteiger partial charge on any atom is 0.0239 e. The fourth-order valence-electron chi connectivity index (χ4n) is 0.172. The molecule has 0 amide bonds. The Balaban J connectivity index is 3.69. The molecule has 0 atom stereocenters. The van der Waals surface area contributed by atoms with Gasteiger partial charge in [0.25, 0.3) is 0 Å². The number of halogens is 1. The van der Waals surface area contributed by atoms with E-state index in [1.165, 1.54) is 8.93 Å². The van der Waals surface area contributed by atoms with E-state index in [4.69, 9.17) is 0 Å². The standard InChI is InChI=1S/C6H9IS/c1-6(2,3)4-5-8-7/h1-3H3. The molecule has 0 aliphatic heterocycles. The van der Waals surface area contributed by atoms with Crippen molar-refractivity contribution in [1.82, 2.24) is 0 Å². The summed E-state index contributed by atoms with van der Waals surface area (Å²) in [5.74, 6) is 3.08. The molecule has 0 saturated carbocycles. The molecule has 0 unspecified atom stereocenters. The highest BCUT2D eigenvalue weighted by Gasteiger charge is 2.02. The van der Waals surface area contributed by atoms with Gasteiger partial charge in [-0.25, -0.2) is 0 Å². The van der Waals surface area contributed by atoms with Crippen LogP contribution in [0.1, 0.15) is 20.8 Å². The Morgan fingerprint density at radius 3 is 2.00 bits per heavy atom. The van der Waals surface area contributed by atoms with Gasteiger partial charge >= 0.3 is 0 Å². The van der Waals surface area contributed by atoms with Crippen molar-refractivity contribution >= 4 is 30.1 Å². The van der Waals surface area contributed by atoms with Crippen LogP contribution in [0.3, 0.4) is 0 Å². The lowest BCUT2D eigenvalue weighted by atomic mass is 9.99. The van der Waals surface area contributed by atoms with Crippen LogP contribution in [0.15, 0.2) is 0 Å². The van der Waals surface area contributed by atoms with Crippen molar-refractivity contribution in [1.29, 1.82) is 0 Å².